The van der Waals surface area contributed by atoms with Crippen LogP contribution >= 0.6 is 0 Å². The van der Waals surface area contributed by atoms with Crippen LogP contribution in [-0.4, -0.2) is 79.9 Å². The van der Waals surface area contributed by atoms with Crippen molar-refractivity contribution in [1.29, 1.82) is 0 Å². The Kier molecular flexibility index (Phi) is 12.6. The van der Waals surface area contributed by atoms with Gasteiger partial charge in [0.15, 0.2) is 5.69 Å². The highest BCUT2D eigenvalue weighted by Gasteiger charge is 2.32. The van der Waals surface area contributed by atoms with Gasteiger partial charge in [0.25, 0.3) is 11.8 Å². The number of hydrogen-bond donors (Lipinski definition) is 3. The van der Waals surface area contributed by atoms with Crippen molar-refractivity contribution in [3.63, 3.8) is 0 Å². The lowest BCUT2D eigenvalue weighted by Gasteiger charge is -2.36. The van der Waals surface area contributed by atoms with Gasteiger partial charge >= 0.3 is 0 Å². The number of nitrogens with one attached hydrogen (secondary N) is 1. The Balaban J connectivity index is 1.54. The molecule has 0 radical (unpaired) electrons. The number of amides is 3. The fourth-order valence-corrected chi connectivity index (χ4v) is 6.60. The first-order valence-corrected chi connectivity index (χ1v) is 17.7. The highest BCUT2D eigenvalue weighted by Crippen LogP contribution is 2.30. The number of aliphatic hydroxyl groups is 2. The van der Waals surface area contributed by atoms with Gasteiger partial charge in [0.1, 0.15) is 0 Å². The van der Waals surface area contributed by atoms with E-state index in [2.05, 4.69) is 19.2 Å². The molecule has 2 atom stereocenters. The Morgan fingerprint density at radius 1 is 0.920 bits per heavy atom. The largest absolute Gasteiger partial charge is 0.396 e. The highest BCUT2D eigenvalue weighted by molar-refractivity contribution is 6.02. The second-order valence-electron chi connectivity index (χ2n) is 13.0. The predicted molar refractivity (Wildman–Crippen MR) is 194 cm³/mol. The number of anilines is 1. The minimum atomic E-state index is -0.595. The van der Waals surface area contributed by atoms with E-state index in [1.54, 1.807) is 33.8 Å². The summed E-state index contributed by atoms with van der Waals surface area (Å²) < 4.78 is 1.62. The number of rotatable bonds is 15. The zero-order valence-electron chi connectivity index (χ0n) is 29.3. The van der Waals surface area contributed by atoms with Gasteiger partial charge in [0.05, 0.1) is 29.8 Å². The van der Waals surface area contributed by atoms with E-state index >= 15 is 0 Å². The van der Waals surface area contributed by atoms with Gasteiger partial charge in [-0.2, -0.15) is 5.10 Å². The maximum atomic E-state index is 14.6. The Morgan fingerprint density at radius 2 is 1.60 bits per heavy atom. The summed E-state index contributed by atoms with van der Waals surface area (Å²) in [6.45, 7) is 7.29. The molecule has 0 spiro atoms. The zero-order chi connectivity index (χ0) is 35.6. The molecule has 0 saturated carbocycles. The lowest BCUT2D eigenvalue weighted by molar-refractivity contribution is -0.118. The van der Waals surface area contributed by atoms with Crippen molar-refractivity contribution in [3.05, 3.63) is 113 Å². The van der Waals surface area contributed by atoms with Crippen molar-refractivity contribution in [2.45, 2.75) is 77.8 Å². The molecule has 2 unspecified atom stereocenters. The van der Waals surface area contributed by atoms with Crippen molar-refractivity contribution in [2.75, 3.05) is 31.6 Å². The Morgan fingerprint density at radius 3 is 2.26 bits per heavy atom. The van der Waals surface area contributed by atoms with Crippen LogP contribution < -0.4 is 5.32 Å². The van der Waals surface area contributed by atoms with Gasteiger partial charge in [0, 0.05) is 37.6 Å². The highest BCUT2D eigenvalue weighted by atomic mass is 16.3. The van der Waals surface area contributed by atoms with E-state index in [1.165, 1.54) is 0 Å². The summed E-state index contributed by atoms with van der Waals surface area (Å²) in [5.74, 6) is -1.37. The van der Waals surface area contributed by atoms with E-state index in [9.17, 15) is 24.6 Å². The number of aromatic nitrogens is 2. The lowest BCUT2D eigenvalue weighted by atomic mass is 9.93. The number of fused-ring (bicyclic) bond motifs is 1. The van der Waals surface area contributed by atoms with Crippen LogP contribution in [0.1, 0.15) is 95.1 Å². The van der Waals surface area contributed by atoms with Gasteiger partial charge in [0.2, 0.25) is 5.91 Å². The molecule has 10 nitrogen and oxygen atoms in total. The second-order valence-corrected chi connectivity index (χ2v) is 13.0. The minimum Gasteiger partial charge on any atom is -0.396 e. The summed E-state index contributed by atoms with van der Waals surface area (Å²) in [5, 5.41) is 27.9. The van der Waals surface area contributed by atoms with Gasteiger partial charge in [-0.25, -0.2) is 4.68 Å². The van der Waals surface area contributed by atoms with Crippen LogP contribution in [0.4, 0.5) is 5.69 Å². The third-order valence-electron chi connectivity index (χ3n) is 9.44. The molecule has 5 rings (SSSR count). The summed E-state index contributed by atoms with van der Waals surface area (Å²) in [5.41, 5.74) is 5.01. The van der Waals surface area contributed by atoms with E-state index < -0.39 is 12.0 Å². The molecule has 0 saturated heterocycles. The first-order valence-electron chi connectivity index (χ1n) is 17.7. The number of aliphatic hydroxyl groups excluding tert-OH is 2. The zero-order valence-corrected chi connectivity index (χ0v) is 29.3. The van der Waals surface area contributed by atoms with Crippen LogP contribution in [0.15, 0.2) is 78.9 Å². The molecule has 4 aromatic rings. The van der Waals surface area contributed by atoms with Gasteiger partial charge in [-0.15, -0.1) is 0 Å². The molecule has 3 N–H and O–H groups in total. The van der Waals surface area contributed by atoms with E-state index in [4.69, 9.17) is 5.10 Å². The summed E-state index contributed by atoms with van der Waals surface area (Å²) in [4.78, 5) is 45.5. The fourth-order valence-electron chi connectivity index (χ4n) is 6.60. The van der Waals surface area contributed by atoms with Crippen molar-refractivity contribution >= 4 is 23.4 Å². The lowest BCUT2D eigenvalue weighted by Crippen LogP contribution is -2.46. The number of carbonyl (C=O) groups excluding carboxylic acids is 3. The average molecular weight is 680 g/mol. The SMILES string of the molecule is CCCCN(CCCC)C(=O)c1cc(C)n(-c2ccc(NC(=O)C(CCO)c3ccccc3)cc2C(=O)N2Cc3ccccc3CC2CO)n1. The molecule has 50 heavy (non-hydrogen) atoms. The first-order chi connectivity index (χ1) is 24.3. The summed E-state index contributed by atoms with van der Waals surface area (Å²) in [6, 6.07) is 23.6. The molecule has 2 heterocycles. The van der Waals surface area contributed by atoms with E-state index in [0.717, 1.165) is 42.4 Å². The van der Waals surface area contributed by atoms with Gasteiger partial charge in [-0.3, -0.25) is 14.4 Å². The van der Waals surface area contributed by atoms with Crippen LogP contribution in [0.5, 0.6) is 0 Å². The van der Waals surface area contributed by atoms with Crippen LogP contribution in [0, 0.1) is 6.92 Å². The molecule has 0 fully saturated rings. The van der Waals surface area contributed by atoms with Gasteiger partial charge in [-0.1, -0.05) is 81.3 Å². The number of aryl methyl sites for hydroxylation is 1. The molecule has 1 aliphatic rings. The number of nitrogens with zero attached hydrogens (tertiary/aromatic N) is 4. The molecule has 10 heteroatoms. The van der Waals surface area contributed by atoms with Crippen molar-refractivity contribution in [3.8, 4) is 5.69 Å². The number of carbonyl (C=O) groups is 3. The molecule has 264 valence electrons. The normalized spacial score (nSPS) is 14.6. The third kappa shape index (κ3) is 8.31. The molecule has 3 aromatic carbocycles. The standard InChI is InChI=1S/C40H49N5O5/c1-4-6-20-43(21-7-5-2)40(50)36-23-28(3)45(42-36)37-18-17-32(41-38(48)34(19-22-46)29-13-9-8-10-14-29)25-35(37)39(49)44-26-31-16-12-11-15-30(31)24-33(44)27-47/h8-18,23,25,33-34,46-47H,4-7,19-22,24,26-27H2,1-3H3,(H,41,48). The maximum Gasteiger partial charge on any atom is 0.274 e. The average Bonchev–Trinajstić information content (AvgIpc) is 3.54. The summed E-state index contributed by atoms with van der Waals surface area (Å²) in [6.07, 6.45) is 4.49. The van der Waals surface area contributed by atoms with E-state index in [-0.39, 0.29) is 42.9 Å². The molecule has 0 bridgehead atoms. The van der Waals surface area contributed by atoms with Crippen LogP contribution in [0.2, 0.25) is 0 Å². The molecule has 1 aliphatic heterocycles. The topological polar surface area (TPSA) is 128 Å². The molecular weight excluding hydrogens is 630 g/mol. The van der Waals surface area contributed by atoms with Crippen molar-refractivity contribution < 1.29 is 24.6 Å². The Bertz CT molecular complexity index is 1760. The van der Waals surface area contributed by atoms with E-state index in [1.807, 2.05) is 66.4 Å². The first kappa shape index (κ1) is 36.5. The number of unbranched alkanes of at least 4 members (excludes halogenated alkanes) is 2. The number of hydrogen-bond acceptors (Lipinski definition) is 6. The van der Waals surface area contributed by atoms with Crippen molar-refractivity contribution in [1.82, 2.24) is 19.6 Å². The molecule has 0 aliphatic carbocycles. The van der Waals surface area contributed by atoms with Crippen LogP contribution in [0.3, 0.4) is 0 Å². The fraction of sp³-hybridized carbons (Fsp3) is 0.400. The minimum absolute atomic E-state index is 0.144. The summed E-state index contributed by atoms with van der Waals surface area (Å²) in [7, 11) is 0. The van der Waals surface area contributed by atoms with Gasteiger partial charge < -0.3 is 25.3 Å². The maximum absolute atomic E-state index is 14.6. The molecule has 1 aromatic heterocycles. The molecular formula is C40H49N5O5. The summed E-state index contributed by atoms with van der Waals surface area (Å²) >= 11 is 0. The Hall–Kier alpha value is -4.80. The van der Waals surface area contributed by atoms with Crippen LogP contribution in [0.25, 0.3) is 5.69 Å². The smallest absolute Gasteiger partial charge is 0.274 e. The van der Waals surface area contributed by atoms with Gasteiger partial charge in [-0.05, 0) is 73.6 Å². The quantitative estimate of drug-likeness (QED) is 0.144. The van der Waals surface area contributed by atoms with Crippen molar-refractivity contribution in [2.24, 2.45) is 0 Å². The third-order valence-corrected chi connectivity index (χ3v) is 9.44. The van der Waals surface area contributed by atoms with E-state index in [0.29, 0.717) is 48.8 Å². The molecule has 3 amide bonds. The second kappa shape index (κ2) is 17.2. The van der Waals surface area contributed by atoms with Crippen LogP contribution in [-0.2, 0) is 17.8 Å². The Labute approximate surface area is 294 Å². The predicted octanol–water partition coefficient (Wildman–Crippen LogP) is 5.89. The number of benzene rings is 3. The monoisotopic (exact) mass is 679 g/mol.